The van der Waals surface area contributed by atoms with Crippen LogP contribution in [0, 0.1) is 24.2 Å². The molecule has 1 aromatic rings. The zero-order valence-electron chi connectivity index (χ0n) is 21.1. The lowest BCUT2D eigenvalue weighted by Gasteiger charge is -2.31. The topological polar surface area (TPSA) is 50.3 Å². The zero-order valence-corrected chi connectivity index (χ0v) is 21.9. The van der Waals surface area contributed by atoms with Gasteiger partial charge in [0.05, 0.1) is 16.7 Å². The second kappa shape index (κ2) is 11.9. The summed E-state index contributed by atoms with van der Waals surface area (Å²) in [5, 5.41) is 3.10. The first-order chi connectivity index (χ1) is 15.0. The lowest BCUT2D eigenvalue weighted by atomic mass is 9.75. The Hall–Kier alpha value is -1.75. The number of ketones is 1. The fourth-order valence-electron chi connectivity index (χ4n) is 4.74. The normalized spacial score (nSPS) is 28.0. The highest BCUT2D eigenvalue weighted by molar-refractivity contribution is 7.09. The van der Waals surface area contributed by atoms with Crippen molar-refractivity contribution in [2.75, 3.05) is 7.05 Å². The molecule has 32 heavy (non-hydrogen) atoms. The van der Waals surface area contributed by atoms with Crippen molar-refractivity contribution < 1.29 is 9.59 Å². The summed E-state index contributed by atoms with van der Waals surface area (Å²) < 4.78 is 0. The molecule has 0 saturated heterocycles. The summed E-state index contributed by atoms with van der Waals surface area (Å²) in [7, 11) is 1.90. The monoisotopic (exact) mass is 458 g/mol. The standard InChI is InChI=1S/C27H42N2O2S/c1-19-12-10-8-9-11-13-24(20(2)17-23-18-32-22(4)28-23)29(7)25(30)14-15-27(5,6)26(31)21(3)16-19/h9,11,17-19,21,24H,8,10,12-16H2,1-7H3/b11-9-,20-17?. The molecule has 1 amide bonds. The number of allylic oxidation sites excluding steroid dienone is 1. The summed E-state index contributed by atoms with van der Waals surface area (Å²) in [6.07, 6.45) is 12.6. The van der Waals surface area contributed by atoms with Gasteiger partial charge in [-0.3, -0.25) is 9.59 Å². The third-order valence-corrected chi connectivity index (χ3v) is 7.62. The zero-order chi connectivity index (χ0) is 23.9. The minimum Gasteiger partial charge on any atom is -0.339 e. The Balaban J connectivity index is 2.26. The third-order valence-electron chi connectivity index (χ3n) is 6.83. The van der Waals surface area contributed by atoms with Crippen LogP contribution in [-0.2, 0) is 9.59 Å². The molecule has 5 heteroatoms. The summed E-state index contributed by atoms with van der Waals surface area (Å²) in [6.45, 7) is 12.4. The summed E-state index contributed by atoms with van der Waals surface area (Å²) in [4.78, 5) is 32.7. The largest absolute Gasteiger partial charge is 0.339 e. The van der Waals surface area contributed by atoms with E-state index in [0.717, 1.165) is 48.4 Å². The molecule has 0 spiro atoms. The highest BCUT2D eigenvalue weighted by Gasteiger charge is 2.33. The van der Waals surface area contributed by atoms with Gasteiger partial charge < -0.3 is 4.90 Å². The van der Waals surface area contributed by atoms with E-state index in [1.165, 1.54) is 0 Å². The predicted octanol–water partition coefficient (Wildman–Crippen LogP) is 6.85. The number of nitrogens with zero attached hydrogens (tertiary/aromatic N) is 2. The van der Waals surface area contributed by atoms with Crippen molar-refractivity contribution in [3.05, 3.63) is 33.8 Å². The number of amides is 1. The fraction of sp³-hybridized carbons (Fsp3) is 0.667. The minimum atomic E-state index is -0.481. The van der Waals surface area contributed by atoms with Gasteiger partial charge in [-0.15, -0.1) is 11.3 Å². The molecule has 0 N–H and O–H groups in total. The molecule has 1 aliphatic heterocycles. The van der Waals surface area contributed by atoms with Crippen LogP contribution in [0.5, 0.6) is 0 Å². The van der Waals surface area contributed by atoms with Gasteiger partial charge in [-0.1, -0.05) is 46.3 Å². The third kappa shape index (κ3) is 7.68. The van der Waals surface area contributed by atoms with E-state index in [4.69, 9.17) is 0 Å². The van der Waals surface area contributed by atoms with Gasteiger partial charge in [0.25, 0.3) is 0 Å². The van der Waals surface area contributed by atoms with Crippen molar-refractivity contribution in [1.29, 1.82) is 0 Å². The molecule has 0 aromatic carbocycles. The average Bonchev–Trinajstić information content (AvgIpc) is 3.14. The number of aromatic nitrogens is 1. The van der Waals surface area contributed by atoms with Crippen LogP contribution < -0.4 is 0 Å². The molecule has 1 aliphatic rings. The first-order valence-electron chi connectivity index (χ1n) is 12.1. The fourth-order valence-corrected chi connectivity index (χ4v) is 5.31. The summed E-state index contributed by atoms with van der Waals surface area (Å²) in [5.74, 6) is 0.965. The molecule has 3 atom stereocenters. The van der Waals surface area contributed by atoms with Crippen molar-refractivity contribution in [3.63, 3.8) is 0 Å². The lowest BCUT2D eigenvalue weighted by Crippen LogP contribution is -2.39. The van der Waals surface area contributed by atoms with Gasteiger partial charge in [0.15, 0.2) is 0 Å². The van der Waals surface area contributed by atoms with Crippen molar-refractivity contribution >= 4 is 29.1 Å². The molecular weight excluding hydrogens is 416 g/mol. The van der Waals surface area contributed by atoms with E-state index in [1.807, 2.05) is 32.7 Å². The van der Waals surface area contributed by atoms with Gasteiger partial charge in [0.2, 0.25) is 5.91 Å². The maximum absolute atomic E-state index is 13.2. The van der Waals surface area contributed by atoms with E-state index in [9.17, 15) is 9.59 Å². The average molecular weight is 459 g/mol. The smallest absolute Gasteiger partial charge is 0.222 e. The molecule has 0 bridgehead atoms. The summed E-state index contributed by atoms with van der Waals surface area (Å²) in [6, 6.07) is -0.00896. The van der Waals surface area contributed by atoms with Crippen molar-refractivity contribution in [1.82, 2.24) is 9.88 Å². The SMILES string of the molecule is CC(=Cc1csc(C)n1)C1C/C=C\CCCC(C)CC(C)C(=O)C(C)(C)CCC(=O)N1C. The molecule has 0 fully saturated rings. The van der Waals surface area contributed by atoms with E-state index in [0.29, 0.717) is 24.5 Å². The van der Waals surface area contributed by atoms with E-state index >= 15 is 0 Å². The van der Waals surface area contributed by atoms with Crippen LogP contribution in [0.1, 0.15) is 90.3 Å². The maximum atomic E-state index is 13.2. The molecule has 2 heterocycles. The van der Waals surface area contributed by atoms with Gasteiger partial charge >= 0.3 is 0 Å². The van der Waals surface area contributed by atoms with Crippen LogP contribution in [0.15, 0.2) is 23.1 Å². The second-order valence-corrected chi connectivity index (χ2v) is 11.4. The van der Waals surface area contributed by atoms with E-state index in [-0.39, 0.29) is 17.9 Å². The molecule has 1 aromatic heterocycles. The molecule has 0 aliphatic carbocycles. The quantitative estimate of drug-likeness (QED) is 0.455. The Morgan fingerprint density at radius 1 is 1.25 bits per heavy atom. The lowest BCUT2D eigenvalue weighted by molar-refractivity contribution is -0.134. The Kier molecular flexibility index (Phi) is 9.87. The van der Waals surface area contributed by atoms with Crippen molar-refractivity contribution in [2.24, 2.45) is 17.3 Å². The highest BCUT2D eigenvalue weighted by Crippen LogP contribution is 2.31. The predicted molar refractivity (Wildman–Crippen MR) is 136 cm³/mol. The van der Waals surface area contributed by atoms with Gasteiger partial charge in [0.1, 0.15) is 5.78 Å². The summed E-state index contributed by atoms with van der Waals surface area (Å²) in [5.41, 5.74) is 1.61. The Morgan fingerprint density at radius 2 is 1.97 bits per heavy atom. The number of rotatable bonds is 2. The van der Waals surface area contributed by atoms with E-state index in [2.05, 4.69) is 49.4 Å². The number of carbonyl (C=O) groups excluding carboxylic acids is 2. The number of likely N-dealkylation sites (N-methyl/N-ethyl adjacent to an activating group) is 1. The minimum absolute atomic E-state index is 0.00896. The maximum Gasteiger partial charge on any atom is 0.222 e. The number of hydrogen-bond donors (Lipinski definition) is 0. The second-order valence-electron chi connectivity index (χ2n) is 10.3. The van der Waals surface area contributed by atoms with Gasteiger partial charge in [-0.2, -0.15) is 0 Å². The number of carbonyl (C=O) groups is 2. The molecule has 178 valence electrons. The molecule has 2 rings (SSSR count). The number of aryl methyl sites for hydroxylation is 1. The Labute approximate surface area is 199 Å². The number of thiazole rings is 1. The molecule has 0 saturated carbocycles. The Morgan fingerprint density at radius 3 is 2.62 bits per heavy atom. The van der Waals surface area contributed by atoms with Gasteiger partial charge in [-0.05, 0) is 63.5 Å². The number of hydrogen-bond acceptors (Lipinski definition) is 4. The van der Waals surface area contributed by atoms with Gasteiger partial charge in [0, 0.05) is 30.2 Å². The van der Waals surface area contributed by atoms with Crippen LogP contribution in [0.2, 0.25) is 0 Å². The first-order valence-corrected chi connectivity index (χ1v) is 12.9. The van der Waals surface area contributed by atoms with Crippen LogP contribution in [-0.4, -0.2) is 34.7 Å². The van der Waals surface area contributed by atoms with E-state index in [1.54, 1.807) is 11.3 Å². The molecule has 0 radical (unpaired) electrons. The summed E-state index contributed by atoms with van der Waals surface area (Å²) >= 11 is 1.64. The Bertz CT molecular complexity index is 836. The van der Waals surface area contributed by atoms with Crippen LogP contribution in [0.25, 0.3) is 6.08 Å². The first kappa shape index (κ1) is 26.5. The van der Waals surface area contributed by atoms with Crippen molar-refractivity contribution in [2.45, 2.75) is 92.5 Å². The molecule has 4 nitrogen and oxygen atoms in total. The van der Waals surface area contributed by atoms with Crippen molar-refractivity contribution in [3.8, 4) is 0 Å². The molecule has 3 unspecified atom stereocenters. The number of Topliss-reactive ketones (excluding diaryl/α,β-unsaturated/α-hetero) is 1. The van der Waals surface area contributed by atoms with Gasteiger partial charge in [-0.25, -0.2) is 4.98 Å². The van der Waals surface area contributed by atoms with Crippen LogP contribution in [0.4, 0.5) is 0 Å². The highest BCUT2D eigenvalue weighted by atomic mass is 32.1. The molecular formula is C27H42N2O2S. The van der Waals surface area contributed by atoms with Crippen LogP contribution in [0.3, 0.4) is 0 Å². The van der Waals surface area contributed by atoms with Crippen LogP contribution >= 0.6 is 11.3 Å². The van der Waals surface area contributed by atoms with E-state index < -0.39 is 5.41 Å².